The molecule has 0 unspecified atom stereocenters. The van der Waals surface area contributed by atoms with Crippen LogP contribution in [0.4, 0.5) is 5.69 Å². The zero-order chi connectivity index (χ0) is 13.5. The highest BCUT2D eigenvalue weighted by molar-refractivity contribution is 5.94. The minimum Gasteiger partial charge on any atom is -0.489 e. The summed E-state index contributed by atoms with van der Waals surface area (Å²) in [5.74, 6) is -0.449. The first-order chi connectivity index (χ1) is 8.58. The molecule has 0 atom stereocenters. The topological polar surface area (TPSA) is 84.9 Å². The third-order valence-electron chi connectivity index (χ3n) is 2.06. The van der Waals surface area contributed by atoms with E-state index in [-0.39, 0.29) is 19.1 Å². The lowest BCUT2D eigenvalue weighted by Crippen LogP contribution is -2.11. The standard InChI is InChI=1S/C12H15NO5/c1-8(15)13-10-4-3-9(12(16)17-2)7-11(10)18-6-5-14/h3-4,7,14H,5-6H2,1-2H3,(H,13,15). The van der Waals surface area contributed by atoms with Crippen molar-refractivity contribution in [1.29, 1.82) is 0 Å². The quantitative estimate of drug-likeness (QED) is 0.758. The van der Waals surface area contributed by atoms with Crippen LogP contribution in [0.5, 0.6) is 5.75 Å². The van der Waals surface area contributed by atoms with E-state index in [2.05, 4.69) is 10.1 Å². The zero-order valence-electron chi connectivity index (χ0n) is 10.2. The van der Waals surface area contributed by atoms with E-state index in [1.165, 1.54) is 26.2 Å². The minimum absolute atomic E-state index is 0.0667. The van der Waals surface area contributed by atoms with Gasteiger partial charge in [0.15, 0.2) is 0 Å². The molecular formula is C12H15NO5. The molecule has 6 nitrogen and oxygen atoms in total. The first-order valence-corrected chi connectivity index (χ1v) is 5.32. The lowest BCUT2D eigenvalue weighted by Gasteiger charge is -2.12. The van der Waals surface area contributed by atoms with Crippen LogP contribution in [0.1, 0.15) is 17.3 Å². The molecule has 0 aliphatic heterocycles. The Hall–Kier alpha value is -2.08. The second kappa shape index (κ2) is 6.61. The van der Waals surface area contributed by atoms with Crippen molar-refractivity contribution in [1.82, 2.24) is 0 Å². The first-order valence-electron chi connectivity index (χ1n) is 5.32. The molecule has 0 radical (unpaired) electrons. The summed E-state index contributed by atoms with van der Waals surface area (Å²) < 4.78 is 9.84. The predicted molar refractivity (Wildman–Crippen MR) is 64.7 cm³/mol. The molecule has 98 valence electrons. The maximum Gasteiger partial charge on any atom is 0.337 e. The molecule has 0 aliphatic carbocycles. The van der Waals surface area contributed by atoms with Gasteiger partial charge < -0.3 is 19.9 Å². The van der Waals surface area contributed by atoms with Gasteiger partial charge in [0.05, 0.1) is 25.0 Å². The van der Waals surface area contributed by atoms with Crippen molar-refractivity contribution in [2.75, 3.05) is 25.6 Å². The molecule has 0 aliphatic rings. The van der Waals surface area contributed by atoms with Gasteiger partial charge in [-0.05, 0) is 18.2 Å². The molecule has 0 aromatic heterocycles. The van der Waals surface area contributed by atoms with Crippen molar-refractivity contribution in [2.24, 2.45) is 0 Å². The van der Waals surface area contributed by atoms with Crippen LogP contribution >= 0.6 is 0 Å². The number of esters is 1. The van der Waals surface area contributed by atoms with Crippen molar-refractivity contribution < 1.29 is 24.2 Å². The maximum atomic E-state index is 11.4. The number of carbonyl (C=O) groups excluding carboxylic acids is 2. The average molecular weight is 253 g/mol. The Bertz CT molecular complexity index is 444. The van der Waals surface area contributed by atoms with E-state index in [1.54, 1.807) is 6.07 Å². The number of benzene rings is 1. The number of aliphatic hydroxyl groups is 1. The van der Waals surface area contributed by atoms with Crippen LogP contribution in [0.15, 0.2) is 18.2 Å². The summed E-state index contributed by atoms with van der Waals surface area (Å²) in [6.45, 7) is 1.27. The van der Waals surface area contributed by atoms with Crippen molar-refractivity contribution in [2.45, 2.75) is 6.92 Å². The number of hydrogen-bond donors (Lipinski definition) is 2. The van der Waals surface area contributed by atoms with E-state index in [0.29, 0.717) is 17.0 Å². The Morgan fingerprint density at radius 2 is 2.11 bits per heavy atom. The van der Waals surface area contributed by atoms with E-state index < -0.39 is 5.97 Å². The largest absolute Gasteiger partial charge is 0.489 e. The minimum atomic E-state index is -0.502. The fourth-order valence-corrected chi connectivity index (χ4v) is 1.34. The number of aliphatic hydroxyl groups excluding tert-OH is 1. The number of methoxy groups -OCH3 is 1. The molecule has 0 bridgehead atoms. The molecule has 6 heteroatoms. The lowest BCUT2D eigenvalue weighted by atomic mass is 10.2. The molecule has 1 amide bonds. The Morgan fingerprint density at radius 3 is 2.67 bits per heavy atom. The van der Waals surface area contributed by atoms with Crippen LogP contribution in [0.25, 0.3) is 0 Å². The van der Waals surface area contributed by atoms with Crippen LogP contribution in [-0.2, 0) is 9.53 Å². The molecule has 1 aromatic rings. The van der Waals surface area contributed by atoms with Gasteiger partial charge in [0, 0.05) is 6.92 Å². The zero-order valence-corrected chi connectivity index (χ0v) is 10.2. The molecular weight excluding hydrogens is 238 g/mol. The normalized spacial score (nSPS) is 9.72. The number of rotatable bonds is 5. The van der Waals surface area contributed by atoms with Gasteiger partial charge in [-0.2, -0.15) is 0 Å². The van der Waals surface area contributed by atoms with Gasteiger partial charge >= 0.3 is 5.97 Å². The van der Waals surface area contributed by atoms with Gasteiger partial charge in [0.25, 0.3) is 0 Å². The van der Waals surface area contributed by atoms with E-state index in [4.69, 9.17) is 9.84 Å². The Kier molecular flexibility index (Phi) is 5.13. The predicted octanol–water partition coefficient (Wildman–Crippen LogP) is 0.803. The second-order valence-corrected chi connectivity index (χ2v) is 3.46. The molecule has 2 N–H and O–H groups in total. The summed E-state index contributed by atoms with van der Waals surface area (Å²) in [7, 11) is 1.28. The summed E-state index contributed by atoms with van der Waals surface area (Å²) in [6.07, 6.45) is 0. The molecule has 0 saturated heterocycles. The fourth-order valence-electron chi connectivity index (χ4n) is 1.34. The van der Waals surface area contributed by atoms with Gasteiger partial charge in [-0.25, -0.2) is 4.79 Å². The Labute approximate surface area is 105 Å². The van der Waals surface area contributed by atoms with Crippen molar-refractivity contribution in [3.63, 3.8) is 0 Å². The summed E-state index contributed by atoms with van der Waals surface area (Å²) in [4.78, 5) is 22.4. The van der Waals surface area contributed by atoms with Crippen molar-refractivity contribution >= 4 is 17.6 Å². The highest BCUT2D eigenvalue weighted by Crippen LogP contribution is 2.26. The number of carbonyl (C=O) groups is 2. The maximum absolute atomic E-state index is 11.4. The highest BCUT2D eigenvalue weighted by Gasteiger charge is 2.11. The monoisotopic (exact) mass is 253 g/mol. The van der Waals surface area contributed by atoms with Gasteiger partial charge in [0.2, 0.25) is 5.91 Å². The van der Waals surface area contributed by atoms with E-state index in [0.717, 1.165) is 0 Å². The Morgan fingerprint density at radius 1 is 1.39 bits per heavy atom. The van der Waals surface area contributed by atoms with Gasteiger partial charge in [-0.3, -0.25) is 4.79 Å². The molecule has 1 aromatic carbocycles. The third kappa shape index (κ3) is 3.74. The molecule has 1 rings (SSSR count). The van der Waals surface area contributed by atoms with E-state index in [1.807, 2.05) is 0 Å². The molecule has 0 spiro atoms. The number of ether oxygens (including phenoxy) is 2. The summed E-state index contributed by atoms with van der Waals surface area (Å²) >= 11 is 0. The Balaban J connectivity index is 3.03. The number of hydrogen-bond acceptors (Lipinski definition) is 5. The van der Waals surface area contributed by atoms with Crippen LogP contribution < -0.4 is 10.1 Å². The van der Waals surface area contributed by atoms with Crippen LogP contribution in [0, 0.1) is 0 Å². The van der Waals surface area contributed by atoms with Crippen molar-refractivity contribution in [3.05, 3.63) is 23.8 Å². The van der Waals surface area contributed by atoms with Gasteiger partial charge in [-0.15, -0.1) is 0 Å². The summed E-state index contributed by atoms with van der Waals surface area (Å²) in [5.41, 5.74) is 0.739. The van der Waals surface area contributed by atoms with Crippen molar-refractivity contribution in [3.8, 4) is 5.75 Å². The molecule has 18 heavy (non-hydrogen) atoms. The van der Waals surface area contributed by atoms with Gasteiger partial charge in [0.1, 0.15) is 12.4 Å². The molecule has 0 heterocycles. The number of nitrogens with one attached hydrogen (secondary N) is 1. The highest BCUT2D eigenvalue weighted by atomic mass is 16.5. The second-order valence-electron chi connectivity index (χ2n) is 3.46. The molecule has 0 fully saturated rings. The summed E-state index contributed by atoms with van der Waals surface area (Å²) in [6, 6.07) is 4.51. The smallest absolute Gasteiger partial charge is 0.337 e. The molecule has 0 saturated carbocycles. The van der Waals surface area contributed by atoms with Gasteiger partial charge in [-0.1, -0.05) is 0 Å². The van der Waals surface area contributed by atoms with Crippen LogP contribution in [0.2, 0.25) is 0 Å². The van der Waals surface area contributed by atoms with E-state index in [9.17, 15) is 9.59 Å². The number of anilines is 1. The van der Waals surface area contributed by atoms with Crippen LogP contribution in [-0.4, -0.2) is 37.3 Å². The average Bonchev–Trinajstić information content (AvgIpc) is 2.36. The lowest BCUT2D eigenvalue weighted by molar-refractivity contribution is -0.114. The SMILES string of the molecule is COC(=O)c1ccc(NC(C)=O)c(OCCO)c1. The summed E-state index contributed by atoms with van der Waals surface area (Å²) in [5, 5.41) is 11.3. The van der Waals surface area contributed by atoms with Crippen LogP contribution in [0.3, 0.4) is 0 Å². The first kappa shape index (κ1) is 14.0. The van der Waals surface area contributed by atoms with E-state index >= 15 is 0 Å². The fraction of sp³-hybridized carbons (Fsp3) is 0.333. The number of amides is 1. The third-order valence-corrected chi connectivity index (χ3v) is 2.06.